The van der Waals surface area contributed by atoms with Crippen LogP contribution >= 0.6 is 23.6 Å². The van der Waals surface area contributed by atoms with Gasteiger partial charge < -0.3 is 5.48 Å². The molecular weight excluding hydrogens is 213 g/mol. The van der Waals surface area contributed by atoms with Gasteiger partial charge in [0.15, 0.2) is 0 Å². The van der Waals surface area contributed by atoms with E-state index < -0.39 is 17.1 Å². The Morgan fingerprint density at radius 2 is 1.33 bits per heavy atom. The highest BCUT2D eigenvalue weighted by Crippen LogP contribution is 1.71. The van der Waals surface area contributed by atoms with Crippen molar-refractivity contribution < 1.29 is 5.48 Å². The molecule has 0 radical (unpaired) electrons. The maximum absolute atomic E-state index is 10.7. The molecule has 0 atom stereocenters. The summed E-state index contributed by atoms with van der Waals surface area (Å²) in [6.07, 6.45) is 0. The molecule has 9 heteroatoms. The van der Waals surface area contributed by atoms with Crippen LogP contribution in [0.25, 0.3) is 0 Å². The van der Waals surface area contributed by atoms with E-state index in [0.29, 0.717) is 0 Å². The second kappa shape index (κ2) is 3.57. The molecule has 68 valence electrons. The highest BCUT2D eigenvalue weighted by molar-refractivity contribution is 6.17. The summed E-state index contributed by atoms with van der Waals surface area (Å²) in [5.74, 6) is 0. The van der Waals surface area contributed by atoms with Gasteiger partial charge in [-0.25, -0.2) is 14.4 Å². The molecule has 0 bridgehead atoms. The molecule has 0 aromatic carbocycles. The Bertz CT molecular complexity index is 405. The Morgan fingerprint density at radius 1 is 1.00 bits per heavy atom. The Labute approximate surface area is 74.3 Å². The first-order chi connectivity index (χ1) is 5.04. The molecule has 7 nitrogen and oxygen atoms in total. The van der Waals surface area contributed by atoms with E-state index in [-0.39, 0.29) is 13.6 Å². The third-order valence-corrected chi connectivity index (χ3v) is 1.50. The molecule has 0 unspecified atom stereocenters. The largest absolute Gasteiger partial charge is 0.412 e. The van der Waals surface area contributed by atoms with Crippen molar-refractivity contribution in [3.63, 3.8) is 0 Å². The molecule has 0 saturated carbocycles. The van der Waals surface area contributed by atoms with E-state index in [4.69, 9.17) is 23.6 Å². The number of nitrogens with one attached hydrogen (secondary N) is 1. The molecule has 0 saturated heterocycles. The quantitative estimate of drug-likeness (QED) is 0.535. The molecule has 3 N–H and O–H groups in total. The van der Waals surface area contributed by atoms with Gasteiger partial charge in [-0.05, 0) is 0 Å². The van der Waals surface area contributed by atoms with Crippen LogP contribution in [0.3, 0.4) is 0 Å². The maximum Gasteiger partial charge on any atom is 0.366 e. The molecule has 12 heavy (non-hydrogen) atoms. The van der Waals surface area contributed by atoms with Crippen LogP contribution < -0.4 is 17.1 Å². The Balaban J connectivity index is 0.00000121. The zero-order chi connectivity index (χ0) is 8.59. The summed E-state index contributed by atoms with van der Waals surface area (Å²) in [5.41, 5.74) is -3.13. The number of hydrogen-bond acceptors (Lipinski definition) is 3. The van der Waals surface area contributed by atoms with Crippen LogP contribution in [0.5, 0.6) is 0 Å². The number of nitrogens with zero attached hydrogens (tertiary/aromatic N) is 2. The number of aromatic nitrogens is 3. The van der Waals surface area contributed by atoms with Crippen molar-refractivity contribution in [1.29, 1.82) is 0 Å². The molecule has 0 fully saturated rings. The predicted octanol–water partition coefficient (Wildman–Crippen LogP) is -2.12. The average molecular weight is 216 g/mol. The lowest BCUT2D eigenvalue weighted by Crippen LogP contribution is -2.43. The second-order valence-electron chi connectivity index (χ2n) is 1.58. The molecule has 0 aliphatic heterocycles. The van der Waals surface area contributed by atoms with Crippen molar-refractivity contribution in [2.75, 3.05) is 0 Å². The fraction of sp³-hybridized carbons (Fsp3) is 0. The topological polar surface area (TPSA) is 108 Å². The number of halogens is 2. The third kappa shape index (κ3) is 1.58. The zero-order valence-corrected chi connectivity index (χ0v) is 6.89. The van der Waals surface area contributed by atoms with Crippen molar-refractivity contribution in [3.8, 4) is 0 Å². The summed E-state index contributed by atoms with van der Waals surface area (Å²) < 4.78 is 0.322. The standard InChI is InChI=1S/C3HCl2N3O3.H2O/c4-7-1(9)6-2(10)8(5)3(7)11;/h(H,6,9,10);1H2. The molecular formula is C3H3Cl2N3O4. The van der Waals surface area contributed by atoms with Crippen molar-refractivity contribution in [2.24, 2.45) is 0 Å². The molecule has 1 aromatic heterocycles. The monoisotopic (exact) mass is 215 g/mol. The van der Waals surface area contributed by atoms with Crippen molar-refractivity contribution >= 4 is 23.6 Å². The Morgan fingerprint density at radius 3 is 1.67 bits per heavy atom. The summed E-state index contributed by atoms with van der Waals surface area (Å²) in [6.45, 7) is 0. The lowest BCUT2D eigenvalue weighted by Gasteiger charge is -1.91. The van der Waals surface area contributed by atoms with Crippen LogP contribution in [-0.4, -0.2) is 18.6 Å². The lowest BCUT2D eigenvalue weighted by molar-refractivity contribution is 0.804. The predicted molar refractivity (Wildman–Crippen MR) is 41.7 cm³/mol. The first-order valence-electron chi connectivity index (χ1n) is 2.34. The van der Waals surface area contributed by atoms with E-state index in [1.54, 1.807) is 4.98 Å². The molecule has 0 aliphatic carbocycles. The number of H-pyrrole nitrogens is 1. The molecule has 1 aromatic rings. The van der Waals surface area contributed by atoms with Crippen molar-refractivity contribution in [2.45, 2.75) is 0 Å². The fourth-order valence-corrected chi connectivity index (χ4v) is 0.715. The normalized spacial score (nSPS) is 9.17. The average Bonchev–Trinajstić information content (AvgIpc) is 1.97. The first kappa shape index (κ1) is 11.0. The van der Waals surface area contributed by atoms with Gasteiger partial charge in [-0.2, -0.15) is 0 Å². The van der Waals surface area contributed by atoms with Crippen LogP contribution in [0.1, 0.15) is 0 Å². The van der Waals surface area contributed by atoms with Crippen molar-refractivity contribution in [1.82, 2.24) is 13.2 Å². The molecule has 1 rings (SSSR count). The van der Waals surface area contributed by atoms with Gasteiger partial charge >= 0.3 is 17.1 Å². The van der Waals surface area contributed by atoms with E-state index in [1.807, 2.05) is 0 Å². The molecule has 0 amide bonds. The minimum atomic E-state index is -1.10. The van der Waals surface area contributed by atoms with E-state index in [1.165, 1.54) is 0 Å². The minimum Gasteiger partial charge on any atom is -0.412 e. The number of aromatic amines is 1. The van der Waals surface area contributed by atoms with Gasteiger partial charge in [0.1, 0.15) is 0 Å². The Hall–Kier alpha value is -1.05. The smallest absolute Gasteiger partial charge is 0.366 e. The summed E-state index contributed by atoms with van der Waals surface area (Å²) >= 11 is 10.1. The highest BCUT2D eigenvalue weighted by atomic mass is 35.5. The minimum absolute atomic E-state index is 0. The van der Waals surface area contributed by atoms with Crippen LogP contribution in [0.4, 0.5) is 0 Å². The van der Waals surface area contributed by atoms with Gasteiger partial charge in [-0.1, -0.05) is 0 Å². The van der Waals surface area contributed by atoms with Crippen LogP contribution in [0, 0.1) is 0 Å². The van der Waals surface area contributed by atoms with E-state index in [9.17, 15) is 14.4 Å². The van der Waals surface area contributed by atoms with Crippen LogP contribution in [0.2, 0.25) is 0 Å². The summed E-state index contributed by atoms with van der Waals surface area (Å²) in [4.78, 5) is 33.4. The molecule has 0 aliphatic rings. The third-order valence-electron chi connectivity index (χ3n) is 0.906. The maximum atomic E-state index is 10.7. The first-order valence-corrected chi connectivity index (χ1v) is 3.02. The highest BCUT2D eigenvalue weighted by Gasteiger charge is 2.04. The lowest BCUT2D eigenvalue weighted by atomic mass is 11.0. The summed E-state index contributed by atoms with van der Waals surface area (Å²) in [6, 6.07) is 0. The van der Waals surface area contributed by atoms with Gasteiger partial charge in [0.2, 0.25) is 0 Å². The second-order valence-corrected chi connectivity index (χ2v) is 2.26. The summed E-state index contributed by atoms with van der Waals surface area (Å²) in [7, 11) is 0. The van der Waals surface area contributed by atoms with E-state index in [2.05, 4.69) is 0 Å². The van der Waals surface area contributed by atoms with Gasteiger partial charge in [0.05, 0.1) is 0 Å². The molecule has 1 heterocycles. The van der Waals surface area contributed by atoms with E-state index in [0.717, 1.165) is 0 Å². The van der Waals surface area contributed by atoms with Crippen LogP contribution in [-0.2, 0) is 0 Å². The van der Waals surface area contributed by atoms with E-state index >= 15 is 0 Å². The van der Waals surface area contributed by atoms with Gasteiger partial charge in [-0.3, -0.25) is 4.98 Å². The SMILES string of the molecule is O.O=c1[nH]c(=O)n(Cl)c(=O)n1Cl. The van der Waals surface area contributed by atoms with Gasteiger partial charge in [0.25, 0.3) is 0 Å². The number of hydrogen-bond donors (Lipinski definition) is 1. The van der Waals surface area contributed by atoms with Crippen LogP contribution in [0.15, 0.2) is 14.4 Å². The fourth-order valence-electron chi connectivity index (χ4n) is 0.440. The van der Waals surface area contributed by atoms with Crippen molar-refractivity contribution in [3.05, 3.63) is 31.5 Å². The van der Waals surface area contributed by atoms with Gasteiger partial charge in [0, 0.05) is 23.6 Å². The van der Waals surface area contributed by atoms with Gasteiger partial charge in [-0.15, -0.1) is 8.17 Å². The Kier molecular flexibility index (Phi) is 3.25. The summed E-state index contributed by atoms with van der Waals surface area (Å²) in [5, 5.41) is 0. The number of rotatable bonds is 0. The molecule has 0 spiro atoms. The zero-order valence-electron chi connectivity index (χ0n) is 5.38.